The Balaban J connectivity index is 1.48. The predicted octanol–water partition coefficient (Wildman–Crippen LogP) is 3.22. The maximum absolute atomic E-state index is 12.8. The minimum atomic E-state index is -0.115. The van der Waals surface area contributed by atoms with E-state index in [2.05, 4.69) is 10.1 Å². The number of carbonyl (C=O) groups is 1. The molecular weight excluding hydrogens is 356 g/mol. The molecule has 0 N–H and O–H groups in total. The standard InChI is InChI=1S/C21H24N4O3/c1-27-17-7-4-6-16(12-17)13-18-14-22-21(28-18)19-8-2-3-11-25(19)20(26)15-24-10-5-9-23-24/h4-7,9-10,12,14,19H,2-3,8,11,13,15H2,1H3/t19-/m0/s1. The van der Waals surface area contributed by atoms with E-state index in [1.807, 2.05) is 35.2 Å². The van der Waals surface area contributed by atoms with Crippen LogP contribution in [0.5, 0.6) is 5.75 Å². The third-order valence-corrected chi connectivity index (χ3v) is 5.05. The molecule has 28 heavy (non-hydrogen) atoms. The van der Waals surface area contributed by atoms with Gasteiger partial charge in [0.05, 0.1) is 13.3 Å². The summed E-state index contributed by atoms with van der Waals surface area (Å²) in [7, 11) is 1.66. The number of hydrogen-bond acceptors (Lipinski definition) is 5. The average Bonchev–Trinajstić information content (AvgIpc) is 3.40. The van der Waals surface area contributed by atoms with Crippen LogP contribution in [-0.4, -0.2) is 39.2 Å². The van der Waals surface area contributed by atoms with Gasteiger partial charge in [0.1, 0.15) is 24.1 Å². The molecule has 0 spiro atoms. The summed E-state index contributed by atoms with van der Waals surface area (Å²) in [6.45, 7) is 0.958. The van der Waals surface area contributed by atoms with Gasteiger partial charge in [0.25, 0.3) is 0 Å². The van der Waals surface area contributed by atoms with Crippen molar-refractivity contribution in [2.45, 2.75) is 38.3 Å². The van der Waals surface area contributed by atoms with Crippen molar-refractivity contribution in [3.05, 3.63) is 66.1 Å². The number of ether oxygens (including phenoxy) is 1. The van der Waals surface area contributed by atoms with E-state index >= 15 is 0 Å². The summed E-state index contributed by atoms with van der Waals surface area (Å²) < 4.78 is 13.0. The number of aromatic nitrogens is 3. The first-order chi connectivity index (χ1) is 13.7. The van der Waals surface area contributed by atoms with Crippen LogP contribution in [-0.2, 0) is 17.8 Å². The van der Waals surface area contributed by atoms with Crippen LogP contribution < -0.4 is 4.74 Å². The molecule has 7 nitrogen and oxygen atoms in total. The molecule has 1 aliphatic rings. The van der Waals surface area contributed by atoms with Gasteiger partial charge in [-0.05, 0) is 43.0 Å². The summed E-state index contributed by atoms with van der Waals surface area (Å²) >= 11 is 0. The molecule has 1 aromatic carbocycles. The second-order valence-electron chi connectivity index (χ2n) is 7.00. The van der Waals surface area contributed by atoms with Crippen LogP contribution in [0.3, 0.4) is 0 Å². The highest BCUT2D eigenvalue weighted by Crippen LogP contribution is 2.31. The Morgan fingerprint density at radius 2 is 2.25 bits per heavy atom. The Morgan fingerprint density at radius 1 is 1.32 bits per heavy atom. The van der Waals surface area contributed by atoms with E-state index in [1.165, 1.54) is 0 Å². The SMILES string of the molecule is COc1cccc(Cc2cnc([C@@H]3CCCCN3C(=O)Cn3cccn3)o2)c1. The third-order valence-electron chi connectivity index (χ3n) is 5.05. The summed E-state index contributed by atoms with van der Waals surface area (Å²) in [5, 5.41) is 4.13. The second kappa shape index (κ2) is 8.29. The number of amides is 1. The Kier molecular flexibility index (Phi) is 5.41. The first kappa shape index (κ1) is 18.3. The van der Waals surface area contributed by atoms with Crippen LogP contribution in [0.4, 0.5) is 0 Å². The Morgan fingerprint density at radius 3 is 3.07 bits per heavy atom. The Bertz CT molecular complexity index is 919. The zero-order valence-electron chi connectivity index (χ0n) is 16.0. The summed E-state index contributed by atoms with van der Waals surface area (Å²) in [6, 6.07) is 9.60. The van der Waals surface area contributed by atoms with E-state index in [0.29, 0.717) is 12.3 Å². The van der Waals surface area contributed by atoms with Crippen LogP contribution in [0.1, 0.15) is 42.5 Å². The third kappa shape index (κ3) is 4.08. The van der Waals surface area contributed by atoms with Gasteiger partial charge in [-0.25, -0.2) is 4.98 Å². The first-order valence-electron chi connectivity index (χ1n) is 9.57. The number of rotatable bonds is 6. The zero-order valence-corrected chi connectivity index (χ0v) is 16.0. The summed E-state index contributed by atoms with van der Waals surface area (Å²) in [4.78, 5) is 19.2. The van der Waals surface area contributed by atoms with Gasteiger partial charge in [-0.1, -0.05) is 12.1 Å². The topological polar surface area (TPSA) is 73.4 Å². The number of likely N-dealkylation sites (tertiary alicyclic amines) is 1. The quantitative estimate of drug-likeness (QED) is 0.656. The lowest BCUT2D eigenvalue weighted by molar-refractivity contribution is -0.136. The number of carbonyl (C=O) groups excluding carboxylic acids is 1. The van der Waals surface area contributed by atoms with E-state index in [4.69, 9.17) is 9.15 Å². The zero-order chi connectivity index (χ0) is 19.3. The normalized spacial score (nSPS) is 16.9. The molecule has 4 rings (SSSR count). The minimum Gasteiger partial charge on any atom is -0.497 e. The lowest BCUT2D eigenvalue weighted by Gasteiger charge is -2.33. The second-order valence-corrected chi connectivity index (χ2v) is 7.00. The number of benzene rings is 1. The van der Waals surface area contributed by atoms with Crippen LogP contribution in [0.25, 0.3) is 0 Å². The van der Waals surface area contributed by atoms with Gasteiger partial charge in [-0.2, -0.15) is 5.10 Å². The number of nitrogens with zero attached hydrogens (tertiary/aromatic N) is 4. The van der Waals surface area contributed by atoms with Gasteiger partial charge in [0.15, 0.2) is 0 Å². The largest absolute Gasteiger partial charge is 0.497 e. The van der Waals surface area contributed by atoms with Gasteiger partial charge < -0.3 is 14.1 Å². The monoisotopic (exact) mass is 380 g/mol. The van der Waals surface area contributed by atoms with Crippen molar-refractivity contribution in [1.29, 1.82) is 0 Å². The predicted molar refractivity (Wildman–Crippen MR) is 103 cm³/mol. The maximum Gasteiger partial charge on any atom is 0.244 e. The van der Waals surface area contributed by atoms with E-state index in [-0.39, 0.29) is 18.5 Å². The average molecular weight is 380 g/mol. The molecular formula is C21H24N4O3. The molecule has 0 radical (unpaired) electrons. The fraction of sp³-hybridized carbons (Fsp3) is 0.381. The van der Waals surface area contributed by atoms with E-state index in [1.54, 1.807) is 30.4 Å². The fourth-order valence-corrected chi connectivity index (χ4v) is 3.65. The van der Waals surface area contributed by atoms with Crippen molar-refractivity contribution < 1.29 is 13.9 Å². The minimum absolute atomic E-state index is 0.0425. The summed E-state index contributed by atoms with van der Waals surface area (Å²) in [6.07, 6.45) is 8.80. The van der Waals surface area contributed by atoms with Crippen LogP contribution >= 0.6 is 0 Å². The van der Waals surface area contributed by atoms with Crippen molar-refractivity contribution in [2.24, 2.45) is 0 Å². The summed E-state index contributed by atoms with van der Waals surface area (Å²) in [5.74, 6) is 2.26. The molecule has 0 saturated carbocycles. The van der Waals surface area contributed by atoms with Crippen LogP contribution in [0.15, 0.2) is 53.3 Å². The lowest BCUT2D eigenvalue weighted by Crippen LogP contribution is -2.40. The molecule has 0 aliphatic carbocycles. The molecule has 3 aromatic rings. The van der Waals surface area contributed by atoms with Gasteiger partial charge in [-0.3, -0.25) is 9.48 Å². The highest BCUT2D eigenvalue weighted by molar-refractivity contribution is 5.76. The molecule has 1 saturated heterocycles. The number of oxazole rings is 1. The highest BCUT2D eigenvalue weighted by Gasteiger charge is 2.31. The Labute approximate surface area is 163 Å². The van der Waals surface area contributed by atoms with Gasteiger partial charge >= 0.3 is 0 Å². The summed E-state index contributed by atoms with van der Waals surface area (Å²) in [5.41, 5.74) is 1.09. The van der Waals surface area contributed by atoms with Gasteiger partial charge in [0, 0.05) is 25.4 Å². The number of piperidine rings is 1. The molecule has 2 aromatic heterocycles. The molecule has 7 heteroatoms. The molecule has 1 amide bonds. The van der Waals surface area contributed by atoms with Crippen LogP contribution in [0.2, 0.25) is 0 Å². The van der Waals surface area contributed by atoms with Gasteiger partial charge in [-0.15, -0.1) is 0 Å². The van der Waals surface area contributed by atoms with Crippen molar-refractivity contribution in [3.8, 4) is 5.75 Å². The van der Waals surface area contributed by atoms with E-state index in [9.17, 15) is 4.79 Å². The molecule has 0 bridgehead atoms. The van der Waals surface area contributed by atoms with Crippen molar-refractivity contribution in [2.75, 3.05) is 13.7 Å². The van der Waals surface area contributed by atoms with Gasteiger partial charge in [0.2, 0.25) is 11.8 Å². The molecule has 0 unspecified atom stereocenters. The maximum atomic E-state index is 12.8. The highest BCUT2D eigenvalue weighted by atomic mass is 16.5. The molecule has 146 valence electrons. The number of hydrogen-bond donors (Lipinski definition) is 0. The molecule has 1 aliphatic heterocycles. The van der Waals surface area contributed by atoms with Crippen molar-refractivity contribution in [1.82, 2.24) is 19.7 Å². The fourth-order valence-electron chi connectivity index (χ4n) is 3.65. The molecule has 3 heterocycles. The van der Waals surface area contributed by atoms with Crippen molar-refractivity contribution >= 4 is 5.91 Å². The molecule has 1 fully saturated rings. The van der Waals surface area contributed by atoms with Crippen molar-refractivity contribution in [3.63, 3.8) is 0 Å². The smallest absolute Gasteiger partial charge is 0.244 e. The lowest BCUT2D eigenvalue weighted by atomic mass is 10.0. The Hall–Kier alpha value is -3.09. The number of methoxy groups -OCH3 is 1. The first-order valence-corrected chi connectivity index (χ1v) is 9.57. The van der Waals surface area contributed by atoms with E-state index in [0.717, 1.165) is 42.9 Å². The van der Waals surface area contributed by atoms with E-state index < -0.39 is 0 Å². The van der Waals surface area contributed by atoms with Crippen LogP contribution in [0, 0.1) is 0 Å². The molecule has 1 atom stereocenters.